The average Bonchev–Trinajstić information content (AvgIpc) is 2.74. The predicted molar refractivity (Wildman–Crippen MR) is 95.6 cm³/mol. The molecule has 0 aliphatic rings. The first-order valence-electron chi connectivity index (χ1n) is 7.36. The minimum Gasteiger partial charge on any atom is -0.480 e. The topological polar surface area (TPSA) is 73.5 Å². The van der Waals surface area contributed by atoms with Crippen LogP contribution in [0.15, 0.2) is 27.7 Å². The minimum atomic E-state index is -1.13. The van der Waals surface area contributed by atoms with Gasteiger partial charge < -0.3 is 19.0 Å². The minimum absolute atomic E-state index is 0.322. The molecule has 0 amide bonds. The molecular weight excluding hydrogens is 380 g/mol. The molecule has 126 valence electrons. The third-order valence-corrected chi connectivity index (χ3v) is 5.80. The Morgan fingerprint density at radius 1 is 1.35 bits per heavy atom. The standard InChI is InChI=1S/C15H21BrN2O4Si/c1-23(2,3)7-6-22-10-18-8-11(16)14-12(18)4-5-17(15(14)21)9-13(19)20/h4-5,8H,6-7,9-10H2,1-3H3,(H,19,20). The van der Waals surface area contributed by atoms with Gasteiger partial charge in [0.1, 0.15) is 13.3 Å². The second kappa shape index (κ2) is 7.02. The highest BCUT2D eigenvalue weighted by atomic mass is 79.9. The van der Waals surface area contributed by atoms with Crippen molar-refractivity contribution in [2.45, 2.75) is 39.0 Å². The van der Waals surface area contributed by atoms with Crippen LogP contribution in [0.3, 0.4) is 0 Å². The fraction of sp³-hybridized carbons (Fsp3) is 0.467. The molecule has 2 aromatic rings. The zero-order valence-corrected chi connectivity index (χ0v) is 16.1. The number of rotatable bonds is 7. The molecule has 0 bridgehead atoms. The Labute approximate surface area is 143 Å². The van der Waals surface area contributed by atoms with Crippen molar-refractivity contribution in [3.8, 4) is 0 Å². The van der Waals surface area contributed by atoms with Gasteiger partial charge in [0.25, 0.3) is 5.56 Å². The molecule has 0 saturated heterocycles. The van der Waals surface area contributed by atoms with Gasteiger partial charge in [-0.25, -0.2) is 0 Å². The van der Waals surface area contributed by atoms with E-state index in [1.165, 1.54) is 10.8 Å². The molecule has 0 atom stereocenters. The average molecular weight is 401 g/mol. The van der Waals surface area contributed by atoms with Gasteiger partial charge in [0.2, 0.25) is 0 Å². The summed E-state index contributed by atoms with van der Waals surface area (Å²) in [5, 5.41) is 9.33. The van der Waals surface area contributed by atoms with E-state index in [0.29, 0.717) is 23.2 Å². The van der Waals surface area contributed by atoms with Crippen LogP contribution in [0.5, 0.6) is 0 Å². The summed E-state index contributed by atoms with van der Waals surface area (Å²) < 4.78 is 9.41. The zero-order chi connectivity index (χ0) is 17.2. The normalized spacial score (nSPS) is 12.0. The number of hydrogen-bond donors (Lipinski definition) is 1. The molecule has 0 saturated carbocycles. The second-order valence-electron chi connectivity index (χ2n) is 6.70. The Kier molecular flexibility index (Phi) is 5.48. The number of halogens is 1. The molecule has 6 nitrogen and oxygen atoms in total. The Balaban J connectivity index is 2.21. The molecule has 0 spiro atoms. The summed E-state index contributed by atoms with van der Waals surface area (Å²) in [6.45, 7) is 7.60. The van der Waals surface area contributed by atoms with Crippen LogP contribution >= 0.6 is 15.9 Å². The van der Waals surface area contributed by atoms with Gasteiger partial charge in [0.15, 0.2) is 0 Å². The van der Waals surface area contributed by atoms with Gasteiger partial charge in [-0.05, 0) is 28.0 Å². The van der Waals surface area contributed by atoms with Crippen molar-refractivity contribution in [3.63, 3.8) is 0 Å². The van der Waals surface area contributed by atoms with E-state index in [1.807, 2.05) is 4.57 Å². The SMILES string of the molecule is C[Si](C)(C)CCOCn1cc(Br)c2c(=O)n(CC(=O)O)ccc21. The maximum Gasteiger partial charge on any atom is 0.323 e. The molecule has 2 aromatic heterocycles. The van der Waals surface area contributed by atoms with Crippen molar-refractivity contribution in [1.29, 1.82) is 0 Å². The summed E-state index contributed by atoms with van der Waals surface area (Å²) in [7, 11) is -1.13. The van der Waals surface area contributed by atoms with Crippen molar-refractivity contribution in [2.75, 3.05) is 6.61 Å². The van der Waals surface area contributed by atoms with Gasteiger partial charge in [0.05, 0.1) is 10.9 Å². The molecule has 1 N–H and O–H groups in total. The number of nitrogens with zero attached hydrogens (tertiary/aromatic N) is 2. The Bertz CT molecular complexity index is 776. The Morgan fingerprint density at radius 2 is 2.04 bits per heavy atom. The third-order valence-electron chi connectivity index (χ3n) is 3.49. The Hall–Kier alpha value is -1.38. The maximum absolute atomic E-state index is 12.4. The number of carboxylic acid groups (broad SMARTS) is 1. The monoisotopic (exact) mass is 400 g/mol. The van der Waals surface area contributed by atoms with Crippen LogP contribution in [-0.2, 0) is 22.8 Å². The van der Waals surface area contributed by atoms with Crippen LogP contribution in [0.1, 0.15) is 0 Å². The first kappa shape index (κ1) is 18.0. The summed E-state index contributed by atoms with van der Waals surface area (Å²) >= 11 is 3.38. The molecule has 0 aliphatic carbocycles. The quantitative estimate of drug-likeness (QED) is 0.572. The van der Waals surface area contributed by atoms with Gasteiger partial charge in [-0.1, -0.05) is 19.6 Å². The number of pyridine rings is 1. The molecule has 0 fully saturated rings. The van der Waals surface area contributed by atoms with Crippen LogP contribution in [0, 0.1) is 0 Å². The van der Waals surface area contributed by atoms with E-state index >= 15 is 0 Å². The van der Waals surface area contributed by atoms with Crippen molar-refractivity contribution < 1.29 is 14.6 Å². The van der Waals surface area contributed by atoms with Gasteiger partial charge in [-0.2, -0.15) is 0 Å². The number of hydrogen-bond acceptors (Lipinski definition) is 3. The number of aromatic nitrogens is 2. The van der Waals surface area contributed by atoms with E-state index in [9.17, 15) is 9.59 Å². The van der Waals surface area contributed by atoms with Gasteiger partial charge in [-0.15, -0.1) is 0 Å². The van der Waals surface area contributed by atoms with Gasteiger partial charge in [-0.3, -0.25) is 9.59 Å². The fourth-order valence-corrected chi connectivity index (χ4v) is 3.59. The first-order chi connectivity index (χ1) is 10.7. The van der Waals surface area contributed by atoms with E-state index in [4.69, 9.17) is 9.84 Å². The fourth-order valence-electron chi connectivity index (χ4n) is 2.22. The second-order valence-corrected chi connectivity index (χ2v) is 13.2. The molecule has 2 heterocycles. The molecule has 23 heavy (non-hydrogen) atoms. The molecule has 0 unspecified atom stereocenters. The summed E-state index contributed by atoms with van der Waals surface area (Å²) in [6.07, 6.45) is 3.30. The van der Waals surface area contributed by atoms with Crippen molar-refractivity contribution in [1.82, 2.24) is 9.13 Å². The van der Waals surface area contributed by atoms with Crippen LogP contribution in [0.2, 0.25) is 25.7 Å². The lowest BCUT2D eigenvalue weighted by Crippen LogP contribution is -2.23. The van der Waals surface area contributed by atoms with Gasteiger partial charge >= 0.3 is 5.97 Å². The number of fused-ring (bicyclic) bond motifs is 1. The van der Waals surface area contributed by atoms with E-state index in [2.05, 4.69) is 35.6 Å². The molecule has 2 rings (SSSR count). The van der Waals surface area contributed by atoms with Gasteiger partial charge in [0, 0.05) is 31.5 Å². The lowest BCUT2D eigenvalue weighted by atomic mass is 10.3. The smallest absolute Gasteiger partial charge is 0.323 e. The Morgan fingerprint density at radius 3 is 2.65 bits per heavy atom. The predicted octanol–water partition coefficient (Wildman–Crippen LogP) is 2.96. The first-order valence-corrected chi connectivity index (χ1v) is 11.9. The number of carboxylic acids is 1. The summed E-state index contributed by atoms with van der Waals surface area (Å²) in [6, 6.07) is 2.82. The number of carbonyl (C=O) groups is 1. The summed E-state index contributed by atoms with van der Waals surface area (Å²) in [5.74, 6) is -1.04. The number of aliphatic carboxylic acids is 1. The summed E-state index contributed by atoms with van der Waals surface area (Å²) in [5.41, 5.74) is 0.411. The van der Waals surface area contributed by atoms with E-state index < -0.39 is 14.0 Å². The van der Waals surface area contributed by atoms with E-state index in [-0.39, 0.29) is 12.1 Å². The van der Waals surface area contributed by atoms with Crippen molar-refractivity contribution in [3.05, 3.63) is 33.3 Å². The van der Waals surface area contributed by atoms with E-state index in [0.717, 1.165) is 11.6 Å². The molecule has 0 aromatic carbocycles. The zero-order valence-electron chi connectivity index (χ0n) is 13.5. The number of ether oxygens (including phenoxy) is 1. The maximum atomic E-state index is 12.4. The highest BCUT2D eigenvalue weighted by Gasteiger charge is 2.15. The van der Waals surface area contributed by atoms with Crippen LogP contribution in [0.4, 0.5) is 0 Å². The molecule has 8 heteroatoms. The highest BCUT2D eigenvalue weighted by molar-refractivity contribution is 9.10. The highest BCUT2D eigenvalue weighted by Crippen LogP contribution is 2.23. The van der Waals surface area contributed by atoms with Crippen molar-refractivity contribution >= 4 is 40.9 Å². The lowest BCUT2D eigenvalue weighted by Gasteiger charge is -2.15. The summed E-state index contributed by atoms with van der Waals surface area (Å²) in [4.78, 5) is 23.2. The van der Waals surface area contributed by atoms with Crippen LogP contribution in [-0.4, -0.2) is 34.9 Å². The largest absolute Gasteiger partial charge is 0.480 e. The third kappa shape index (κ3) is 4.55. The lowest BCUT2D eigenvalue weighted by molar-refractivity contribution is -0.137. The van der Waals surface area contributed by atoms with Crippen molar-refractivity contribution in [2.24, 2.45) is 0 Å². The molecule has 0 aliphatic heterocycles. The van der Waals surface area contributed by atoms with E-state index in [1.54, 1.807) is 12.3 Å². The van der Waals surface area contributed by atoms with Crippen LogP contribution in [0.25, 0.3) is 10.9 Å². The van der Waals surface area contributed by atoms with Crippen LogP contribution < -0.4 is 5.56 Å². The molecular formula is C15H21BrN2O4Si. The molecule has 0 radical (unpaired) electrons.